The van der Waals surface area contributed by atoms with Gasteiger partial charge in [0.25, 0.3) is 0 Å². The minimum absolute atomic E-state index is 0.182. The summed E-state index contributed by atoms with van der Waals surface area (Å²) in [5.74, 6) is 0.778. The van der Waals surface area contributed by atoms with Gasteiger partial charge in [0, 0.05) is 50.3 Å². The van der Waals surface area contributed by atoms with Crippen LogP contribution in [-0.2, 0) is 6.54 Å². The molecule has 2 aromatic heterocycles. The van der Waals surface area contributed by atoms with Gasteiger partial charge in [-0.1, -0.05) is 0 Å². The van der Waals surface area contributed by atoms with Gasteiger partial charge in [0.2, 0.25) is 5.78 Å². The molecule has 5 heteroatoms. The Bertz CT molecular complexity index is 512. The second-order valence-corrected chi connectivity index (χ2v) is 5.47. The molecule has 0 saturated carbocycles. The zero-order chi connectivity index (χ0) is 12.6. The van der Waals surface area contributed by atoms with E-state index in [2.05, 4.69) is 40.2 Å². The number of rotatable bonds is 2. The van der Waals surface area contributed by atoms with Gasteiger partial charge in [-0.05, 0) is 19.9 Å². The predicted molar refractivity (Wildman–Crippen MR) is 70.3 cm³/mol. The van der Waals surface area contributed by atoms with Gasteiger partial charge in [0.15, 0.2) is 0 Å². The zero-order valence-electron chi connectivity index (χ0n) is 10.9. The van der Waals surface area contributed by atoms with Crippen LogP contribution in [0.1, 0.15) is 19.5 Å². The van der Waals surface area contributed by atoms with E-state index in [1.807, 2.05) is 16.7 Å². The number of nitrogens with one attached hydrogen (secondary N) is 1. The summed E-state index contributed by atoms with van der Waals surface area (Å²) in [6.45, 7) is 8.57. The minimum atomic E-state index is 0.182. The molecule has 3 heterocycles. The summed E-state index contributed by atoms with van der Waals surface area (Å²) in [5, 5.41) is 3.44. The lowest BCUT2D eigenvalue weighted by Gasteiger charge is -2.42. The molecule has 18 heavy (non-hydrogen) atoms. The number of hydrogen-bond acceptors (Lipinski definition) is 4. The first-order valence-corrected chi connectivity index (χ1v) is 6.39. The SMILES string of the molecule is CC1(C)CNCCN1Cc1cn2cccnc2n1. The molecule has 96 valence electrons. The fourth-order valence-electron chi connectivity index (χ4n) is 2.47. The maximum Gasteiger partial charge on any atom is 0.233 e. The van der Waals surface area contributed by atoms with E-state index in [9.17, 15) is 0 Å². The lowest BCUT2D eigenvalue weighted by Crippen LogP contribution is -2.57. The van der Waals surface area contributed by atoms with Crippen LogP contribution in [0, 0.1) is 0 Å². The molecule has 1 aliphatic heterocycles. The van der Waals surface area contributed by atoms with Crippen LogP contribution in [0.15, 0.2) is 24.7 Å². The standard InChI is InChI=1S/C13H19N5/c1-13(2)10-14-5-7-18(13)9-11-8-17-6-3-4-15-12(17)16-11/h3-4,6,8,14H,5,7,9-10H2,1-2H3. The number of fused-ring (bicyclic) bond motifs is 1. The summed E-state index contributed by atoms with van der Waals surface area (Å²) < 4.78 is 1.98. The summed E-state index contributed by atoms with van der Waals surface area (Å²) in [7, 11) is 0. The highest BCUT2D eigenvalue weighted by Crippen LogP contribution is 2.19. The number of nitrogens with zero attached hydrogens (tertiary/aromatic N) is 4. The van der Waals surface area contributed by atoms with Gasteiger partial charge in [-0.15, -0.1) is 0 Å². The highest BCUT2D eigenvalue weighted by Gasteiger charge is 2.29. The molecule has 0 aromatic carbocycles. The topological polar surface area (TPSA) is 45.5 Å². The minimum Gasteiger partial charge on any atom is -0.314 e. The molecule has 0 aliphatic carbocycles. The molecule has 0 radical (unpaired) electrons. The van der Waals surface area contributed by atoms with Crippen molar-refractivity contribution in [1.82, 2.24) is 24.6 Å². The smallest absolute Gasteiger partial charge is 0.233 e. The van der Waals surface area contributed by atoms with E-state index in [4.69, 9.17) is 0 Å². The molecule has 1 aliphatic rings. The van der Waals surface area contributed by atoms with Crippen LogP contribution in [0.5, 0.6) is 0 Å². The molecule has 2 aromatic rings. The van der Waals surface area contributed by atoms with Crippen LogP contribution in [0.2, 0.25) is 0 Å². The Kier molecular flexibility index (Phi) is 2.80. The first-order valence-electron chi connectivity index (χ1n) is 6.39. The van der Waals surface area contributed by atoms with Gasteiger partial charge in [0.1, 0.15) is 0 Å². The van der Waals surface area contributed by atoms with Crippen LogP contribution < -0.4 is 5.32 Å². The number of piperazine rings is 1. The number of imidazole rings is 1. The Hall–Kier alpha value is -1.46. The van der Waals surface area contributed by atoms with Crippen molar-refractivity contribution >= 4 is 5.78 Å². The third-order valence-corrected chi connectivity index (χ3v) is 3.61. The molecule has 0 atom stereocenters. The van der Waals surface area contributed by atoms with Crippen molar-refractivity contribution in [2.75, 3.05) is 19.6 Å². The summed E-state index contributed by atoms with van der Waals surface area (Å²) >= 11 is 0. The molecule has 0 amide bonds. The monoisotopic (exact) mass is 245 g/mol. The van der Waals surface area contributed by atoms with E-state index in [0.29, 0.717) is 0 Å². The van der Waals surface area contributed by atoms with Crippen molar-refractivity contribution in [3.63, 3.8) is 0 Å². The van der Waals surface area contributed by atoms with E-state index in [1.165, 1.54) is 0 Å². The fourth-order valence-corrected chi connectivity index (χ4v) is 2.47. The lowest BCUT2D eigenvalue weighted by molar-refractivity contribution is 0.0816. The lowest BCUT2D eigenvalue weighted by atomic mass is 10.00. The van der Waals surface area contributed by atoms with Crippen molar-refractivity contribution in [2.24, 2.45) is 0 Å². The quantitative estimate of drug-likeness (QED) is 0.854. The summed E-state index contributed by atoms with van der Waals surface area (Å²) in [6.07, 6.45) is 5.84. The third kappa shape index (κ3) is 2.11. The maximum absolute atomic E-state index is 4.56. The Morgan fingerprint density at radius 2 is 2.33 bits per heavy atom. The second-order valence-electron chi connectivity index (χ2n) is 5.47. The van der Waals surface area contributed by atoms with Gasteiger partial charge in [-0.2, -0.15) is 0 Å². The van der Waals surface area contributed by atoms with E-state index in [1.54, 1.807) is 6.20 Å². The Morgan fingerprint density at radius 3 is 3.11 bits per heavy atom. The van der Waals surface area contributed by atoms with Gasteiger partial charge in [-0.25, -0.2) is 9.97 Å². The van der Waals surface area contributed by atoms with E-state index in [0.717, 1.165) is 37.7 Å². The highest BCUT2D eigenvalue weighted by molar-refractivity contribution is 5.29. The third-order valence-electron chi connectivity index (χ3n) is 3.61. The van der Waals surface area contributed by atoms with E-state index < -0.39 is 0 Å². The molecule has 5 nitrogen and oxygen atoms in total. The molecule has 3 rings (SSSR count). The van der Waals surface area contributed by atoms with Gasteiger partial charge >= 0.3 is 0 Å². The second kappa shape index (κ2) is 4.33. The molecule has 0 spiro atoms. The Morgan fingerprint density at radius 1 is 1.44 bits per heavy atom. The van der Waals surface area contributed by atoms with Crippen LogP contribution in [0.25, 0.3) is 5.78 Å². The molecule has 1 N–H and O–H groups in total. The molecule has 1 fully saturated rings. The van der Waals surface area contributed by atoms with Crippen LogP contribution in [-0.4, -0.2) is 44.4 Å². The van der Waals surface area contributed by atoms with Crippen LogP contribution >= 0.6 is 0 Å². The van der Waals surface area contributed by atoms with Crippen molar-refractivity contribution in [3.05, 3.63) is 30.4 Å². The van der Waals surface area contributed by atoms with Crippen LogP contribution in [0.3, 0.4) is 0 Å². The Balaban J connectivity index is 1.83. The largest absolute Gasteiger partial charge is 0.314 e. The highest BCUT2D eigenvalue weighted by atomic mass is 15.3. The fraction of sp³-hybridized carbons (Fsp3) is 0.538. The average Bonchev–Trinajstić information content (AvgIpc) is 2.74. The zero-order valence-corrected chi connectivity index (χ0v) is 10.9. The van der Waals surface area contributed by atoms with Crippen molar-refractivity contribution in [2.45, 2.75) is 25.9 Å². The van der Waals surface area contributed by atoms with Gasteiger partial charge < -0.3 is 5.32 Å². The number of aromatic nitrogens is 3. The predicted octanol–water partition coefficient (Wildman–Crippen LogP) is 0.913. The van der Waals surface area contributed by atoms with Crippen molar-refractivity contribution in [1.29, 1.82) is 0 Å². The van der Waals surface area contributed by atoms with Gasteiger partial charge in [-0.3, -0.25) is 9.30 Å². The summed E-state index contributed by atoms with van der Waals surface area (Å²) in [4.78, 5) is 11.3. The average molecular weight is 245 g/mol. The van der Waals surface area contributed by atoms with Gasteiger partial charge in [0.05, 0.1) is 5.69 Å². The van der Waals surface area contributed by atoms with Crippen molar-refractivity contribution < 1.29 is 0 Å². The van der Waals surface area contributed by atoms with Crippen LogP contribution in [0.4, 0.5) is 0 Å². The normalized spacial score (nSPS) is 20.3. The maximum atomic E-state index is 4.56. The van der Waals surface area contributed by atoms with E-state index >= 15 is 0 Å². The first kappa shape index (κ1) is 11.6. The Labute approximate surface area is 107 Å². The molecule has 0 unspecified atom stereocenters. The van der Waals surface area contributed by atoms with E-state index in [-0.39, 0.29) is 5.54 Å². The summed E-state index contributed by atoms with van der Waals surface area (Å²) in [5.41, 5.74) is 1.27. The molecule has 1 saturated heterocycles. The van der Waals surface area contributed by atoms with Crippen molar-refractivity contribution in [3.8, 4) is 0 Å². The molecular formula is C13H19N5. The summed E-state index contributed by atoms with van der Waals surface area (Å²) in [6, 6.07) is 1.92. The number of hydrogen-bond donors (Lipinski definition) is 1. The molecule has 0 bridgehead atoms. The first-order chi connectivity index (χ1) is 8.65. The molecular weight excluding hydrogens is 226 g/mol.